The topological polar surface area (TPSA) is 48.1 Å². The normalized spacial score (nSPS) is 13.1. The van der Waals surface area contributed by atoms with Crippen molar-refractivity contribution in [2.45, 2.75) is 26.4 Å². The fourth-order valence-electron chi connectivity index (χ4n) is 1.81. The highest BCUT2D eigenvalue weighted by atomic mass is 32.1. The number of benzene rings is 1. The van der Waals surface area contributed by atoms with Gasteiger partial charge in [-0.2, -0.15) is 0 Å². The lowest BCUT2D eigenvalue weighted by Gasteiger charge is -2.12. The van der Waals surface area contributed by atoms with Crippen LogP contribution < -0.4 is 5.73 Å². The van der Waals surface area contributed by atoms with Gasteiger partial charge in [0.25, 0.3) is 0 Å². The lowest BCUT2D eigenvalue weighted by molar-refractivity contribution is 0.0694. The maximum absolute atomic E-state index is 5.68. The van der Waals surface area contributed by atoms with Crippen LogP contribution in [0.5, 0.6) is 0 Å². The molecule has 1 atom stereocenters. The molecule has 0 aliphatic heterocycles. The molecule has 4 heteroatoms. The second kappa shape index (κ2) is 5.58. The first-order valence-corrected chi connectivity index (χ1v) is 6.72. The average molecular weight is 250 g/mol. The summed E-state index contributed by atoms with van der Waals surface area (Å²) in [7, 11) is 0. The molecule has 1 heterocycles. The number of hydrogen-bond donors (Lipinski definition) is 1. The summed E-state index contributed by atoms with van der Waals surface area (Å²) in [6.07, 6.45) is 0.893. The van der Waals surface area contributed by atoms with E-state index in [1.54, 1.807) is 11.3 Å². The number of fused-ring (bicyclic) bond motifs is 1. The van der Waals surface area contributed by atoms with Gasteiger partial charge in [0.05, 0.1) is 21.3 Å². The van der Waals surface area contributed by atoms with Crippen molar-refractivity contribution >= 4 is 21.6 Å². The van der Waals surface area contributed by atoms with E-state index in [9.17, 15) is 0 Å². The summed E-state index contributed by atoms with van der Waals surface area (Å²) in [5, 5.41) is 1.11. The maximum Gasteiger partial charge on any atom is 0.0964 e. The highest BCUT2D eigenvalue weighted by molar-refractivity contribution is 7.18. The first-order chi connectivity index (χ1) is 8.22. The minimum absolute atomic E-state index is 0.0849. The summed E-state index contributed by atoms with van der Waals surface area (Å²) in [6.45, 7) is 5.32. The molecule has 3 nitrogen and oxygen atoms in total. The Kier molecular flexibility index (Phi) is 4.10. The minimum Gasteiger partial charge on any atom is -0.377 e. The Bertz CT molecular complexity index is 495. The van der Waals surface area contributed by atoms with E-state index < -0.39 is 0 Å². The van der Waals surface area contributed by atoms with Gasteiger partial charge in [0.2, 0.25) is 0 Å². The van der Waals surface area contributed by atoms with Gasteiger partial charge in [0.1, 0.15) is 0 Å². The predicted molar refractivity (Wildman–Crippen MR) is 72.5 cm³/mol. The van der Waals surface area contributed by atoms with Crippen molar-refractivity contribution in [1.29, 1.82) is 0 Å². The van der Waals surface area contributed by atoms with E-state index in [4.69, 9.17) is 10.5 Å². The molecule has 2 N–H and O–H groups in total. The monoisotopic (exact) mass is 250 g/mol. The first kappa shape index (κ1) is 12.5. The van der Waals surface area contributed by atoms with Gasteiger partial charge in [-0.05, 0) is 31.5 Å². The molecule has 0 amide bonds. The lowest BCUT2D eigenvalue weighted by Crippen LogP contribution is -2.25. The van der Waals surface area contributed by atoms with Crippen LogP contribution in [0.1, 0.15) is 17.5 Å². The molecule has 0 radical (unpaired) electrons. The Labute approximate surface area is 106 Å². The van der Waals surface area contributed by atoms with Gasteiger partial charge in [-0.1, -0.05) is 6.07 Å². The van der Waals surface area contributed by atoms with Gasteiger partial charge in [-0.3, -0.25) is 0 Å². The van der Waals surface area contributed by atoms with Crippen molar-refractivity contribution < 1.29 is 4.74 Å². The van der Waals surface area contributed by atoms with E-state index >= 15 is 0 Å². The van der Waals surface area contributed by atoms with Crippen LogP contribution in [0.25, 0.3) is 10.2 Å². The zero-order valence-electron chi connectivity index (χ0n) is 10.3. The number of nitrogens with zero attached hydrogens (tertiary/aromatic N) is 1. The predicted octanol–water partition coefficient (Wildman–Crippen LogP) is 2.51. The zero-order valence-corrected chi connectivity index (χ0v) is 11.1. The van der Waals surface area contributed by atoms with Crippen LogP contribution in [-0.2, 0) is 11.2 Å². The second-order valence-corrected chi connectivity index (χ2v) is 5.21. The smallest absolute Gasteiger partial charge is 0.0964 e. The van der Waals surface area contributed by atoms with Crippen LogP contribution in [0.4, 0.5) is 0 Å². The molecule has 0 saturated heterocycles. The van der Waals surface area contributed by atoms with Crippen molar-refractivity contribution in [2.75, 3.05) is 13.2 Å². The summed E-state index contributed by atoms with van der Waals surface area (Å²) in [5.41, 5.74) is 8.00. The molecule has 0 spiro atoms. The standard InChI is InChI=1S/C13H18N2OS/c1-3-16-10(8-14)7-13-15-11-6-9(2)4-5-12(11)17-13/h4-6,10H,3,7-8,14H2,1-2H3. The fraction of sp³-hybridized carbons (Fsp3) is 0.462. The molecule has 92 valence electrons. The van der Waals surface area contributed by atoms with Gasteiger partial charge in [0, 0.05) is 19.6 Å². The minimum atomic E-state index is 0.0849. The van der Waals surface area contributed by atoms with Crippen LogP contribution in [0.2, 0.25) is 0 Å². The van der Waals surface area contributed by atoms with Gasteiger partial charge < -0.3 is 10.5 Å². The Morgan fingerprint density at radius 1 is 1.47 bits per heavy atom. The van der Waals surface area contributed by atoms with Crippen LogP contribution >= 0.6 is 11.3 Å². The Hall–Kier alpha value is -0.970. The molecular weight excluding hydrogens is 232 g/mol. The maximum atomic E-state index is 5.68. The number of aromatic nitrogens is 1. The van der Waals surface area contributed by atoms with Crippen LogP contribution in [-0.4, -0.2) is 24.2 Å². The van der Waals surface area contributed by atoms with Gasteiger partial charge in [-0.25, -0.2) is 4.98 Å². The van der Waals surface area contributed by atoms with Gasteiger partial charge in [0.15, 0.2) is 0 Å². The van der Waals surface area contributed by atoms with Gasteiger partial charge >= 0.3 is 0 Å². The second-order valence-electron chi connectivity index (χ2n) is 4.10. The third kappa shape index (κ3) is 3.03. The molecule has 2 aromatic rings. The molecule has 1 aromatic carbocycles. The van der Waals surface area contributed by atoms with E-state index in [0.29, 0.717) is 13.2 Å². The van der Waals surface area contributed by atoms with E-state index in [2.05, 4.69) is 30.1 Å². The zero-order chi connectivity index (χ0) is 12.3. The van der Waals surface area contributed by atoms with Crippen LogP contribution in [0.3, 0.4) is 0 Å². The Balaban J connectivity index is 2.18. The molecule has 0 aliphatic rings. The number of ether oxygens (including phenoxy) is 1. The largest absolute Gasteiger partial charge is 0.377 e. The third-order valence-corrected chi connectivity index (χ3v) is 3.71. The molecule has 0 aliphatic carbocycles. The fourth-order valence-corrected chi connectivity index (χ4v) is 2.83. The Morgan fingerprint density at radius 2 is 2.29 bits per heavy atom. The SMILES string of the molecule is CCOC(CN)Cc1nc2cc(C)ccc2s1. The molecule has 2 rings (SSSR count). The summed E-state index contributed by atoms with van der Waals surface area (Å²) in [5.74, 6) is 0. The summed E-state index contributed by atoms with van der Waals surface area (Å²) >= 11 is 1.73. The summed E-state index contributed by atoms with van der Waals surface area (Å²) < 4.78 is 6.79. The van der Waals surface area contributed by atoms with Crippen molar-refractivity contribution in [2.24, 2.45) is 5.73 Å². The number of thiazole rings is 1. The van der Waals surface area contributed by atoms with Crippen molar-refractivity contribution in [3.63, 3.8) is 0 Å². The van der Waals surface area contributed by atoms with Crippen LogP contribution in [0, 0.1) is 6.92 Å². The van der Waals surface area contributed by atoms with E-state index in [1.807, 2.05) is 6.92 Å². The molecular formula is C13H18N2OS. The molecule has 0 saturated carbocycles. The molecule has 0 fully saturated rings. The number of aryl methyl sites for hydroxylation is 1. The van der Waals surface area contributed by atoms with E-state index in [0.717, 1.165) is 16.9 Å². The first-order valence-electron chi connectivity index (χ1n) is 5.90. The van der Waals surface area contributed by atoms with Gasteiger partial charge in [-0.15, -0.1) is 11.3 Å². The van der Waals surface area contributed by atoms with E-state index in [1.165, 1.54) is 10.3 Å². The molecule has 17 heavy (non-hydrogen) atoms. The van der Waals surface area contributed by atoms with Crippen molar-refractivity contribution in [1.82, 2.24) is 4.98 Å². The Morgan fingerprint density at radius 3 is 3.00 bits per heavy atom. The highest BCUT2D eigenvalue weighted by Gasteiger charge is 2.11. The average Bonchev–Trinajstić information content (AvgIpc) is 2.69. The third-order valence-electron chi connectivity index (χ3n) is 2.65. The van der Waals surface area contributed by atoms with Crippen molar-refractivity contribution in [3.05, 3.63) is 28.8 Å². The highest BCUT2D eigenvalue weighted by Crippen LogP contribution is 2.24. The number of rotatable bonds is 5. The molecule has 0 bridgehead atoms. The molecule has 1 aromatic heterocycles. The lowest BCUT2D eigenvalue weighted by atomic mass is 10.2. The summed E-state index contributed by atoms with van der Waals surface area (Å²) in [6, 6.07) is 6.37. The van der Waals surface area contributed by atoms with E-state index in [-0.39, 0.29) is 6.10 Å². The van der Waals surface area contributed by atoms with Crippen molar-refractivity contribution in [3.8, 4) is 0 Å². The summed E-state index contributed by atoms with van der Waals surface area (Å²) in [4.78, 5) is 4.63. The number of hydrogen-bond acceptors (Lipinski definition) is 4. The quantitative estimate of drug-likeness (QED) is 0.887. The molecule has 1 unspecified atom stereocenters. The number of nitrogens with two attached hydrogens (primary N) is 1. The van der Waals surface area contributed by atoms with Crippen LogP contribution in [0.15, 0.2) is 18.2 Å².